The van der Waals surface area contributed by atoms with Crippen LogP contribution >= 0.6 is 0 Å². The number of carboxylic acids is 1. The number of oxazole rings is 1. The second kappa shape index (κ2) is 13.2. The van der Waals surface area contributed by atoms with E-state index in [4.69, 9.17) is 18.6 Å². The lowest BCUT2D eigenvalue weighted by molar-refractivity contribution is -0.155. The normalized spacial score (nSPS) is 19.4. The fraction of sp³-hybridized carbons (Fsp3) is 0.615. The van der Waals surface area contributed by atoms with Crippen molar-refractivity contribution >= 4 is 5.97 Å². The average molecular weight is 514 g/mol. The molecule has 10 heteroatoms. The van der Waals surface area contributed by atoms with Crippen LogP contribution in [0.5, 0.6) is 0 Å². The fourth-order valence-electron chi connectivity index (χ4n) is 4.33. The van der Waals surface area contributed by atoms with Gasteiger partial charge in [0.25, 0.3) is 0 Å². The van der Waals surface area contributed by atoms with Gasteiger partial charge in [-0.25, -0.2) is 9.78 Å². The molecule has 3 unspecified atom stereocenters. The van der Waals surface area contributed by atoms with Gasteiger partial charge in [0.1, 0.15) is 11.5 Å². The second-order valence-corrected chi connectivity index (χ2v) is 9.25. The molecule has 36 heavy (non-hydrogen) atoms. The van der Waals surface area contributed by atoms with E-state index in [-0.39, 0.29) is 24.7 Å². The van der Waals surface area contributed by atoms with Gasteiger partial charge in [0.05, 0.1) is 18.8 Å². The van der Waals surface area contributed by atoms with E-state index >= 15 is 0 Å². The molecular weight excluding hydrogens is 479 g/mol. The van der Waals surface area contributed by atoms with Crippen LogP contribution in [-0.4, -0.2) is 48.6 Å². The van der Waals surface area contributed by atoms with E-state index in [0.717, 1.165) is 44.2 Å². The molecule has 1 aliphatic rings. The summed E-state index contributed by atoms with van der Waals surface area (Å²) >= 11 is 0. The molecule has 3 rings (SSSR count). The third-order valence-corrected chi connectivity index (χ3v) is 6.23. The standard InChI is InChI=1S/C26H34F3NO6/c1-3-10-35-23(25(31)32)16-34-14-19-7-4-6-18(11-19)13-33-15-22-17(2)36-24(30-22)20-8-5-9-21(12-20)26(27,28)29/h5,8-9,12,18-19,23H,3-4,6-7,10-11,13-16H2,1-2H3,(H,31,32). The molecule has 0 spiro atoms. The number of alkyl halides is 3. The summed E-state index contributed by atoms with van der Waals surface area (Å²) in [6.45, 7) is 5.27. The van der Waals surface area contributed by atoms with Crippen LogP contribution in [0.2, 0.25) is 0 Å². The summed E-state index contributed by atoms with van der Waals surface area (Å²) in [5, 5.41) is 9.22. The number of carboxylic acid groups (broad SMARTS) is 1. The largest absolute Gasteiger partial charge is 0.479 e. The summed E-state index contributed by atoms with van der Waals surface area (Å²) in [6.07, 6.45) is -0.630. The Kier molecular flexibility index (Phi) is 10.3. The Balaban J connectivity index is 1.45. The minimum absolute atomic E-state index is 0.0344. The molecule has 1 aromatic heterocycles. The van der Waals surface area contributed by atoms with Crippen molar-refractivity contribution in [2.75, 3.05) is 26.4 Å². The smallest absolute Gasteiger partial charge is 0.416 e. The third-order valence-electron chi connectivity index (χ3n) is 6.23. The van der Waals surface area contributed by atoms with Crippen LogP contribution in [0.4, 0.5) is 13.2 Å². The molecule has 1 fully saturated rings. The van der Waals surface area contributed by atoms with Crippen LogP contribution in [0.3, 0.4) is 0 Å². The number of aryl methyl sites for hydroxylation is 1. The molecule has 0 radical (unpaired) electrons. The molecule has 1 heterocycles. The van der Waals surface area contributed by atoms with Gasteiger partial charge in [-0.2, -0.15) is 13.2 Å². The second-order valence-electron chi connectivity index (χ2n) is 9.25. The summed E-state index contributed by atoms with van der Waals surface area (Å²) in [7, 11) is 0. The van der Waals surface area contributed by atoms with E-state index in [1.54, 1.807) is 6.92 Å². The fourth-order valence-corrected chi connectivity index (χ4v) is 4.33. The summed E-state index contributed by atoms with van der Waals surface area (Å²) in [5.74, 6) is 0.298. The molecule has 7 nitrogen and oxygen atoms in total. The Morgan fingerprint density at radius 1 is 1.22 bits per heavy atom. The highest BCUT2D eigenvalue weighted by Crippen LogP contribution is 2.33. The van der Waals surface area contributed by atoms with Gasteiger partial charge in [-0.05, 0) is 62.6 Å². The molecule has 3 atom stereocenters. The Labute approximate surface area is 208 Å². The van der Waals surface area contributed by atoms with Crippen molar-refractivity contribution in [2.45, 2.75) is 64.8 Å². The summed E-state index contributed by atoms with van der Waals surface area (Å²) < 4.78 is 61.5. The molecule has 1 N–H and O–H groups in total. The van der Waals surface area contributed by atoms with Gasteiger partial charge in [0.15, 0.2) is 6.10 Å². The number of hydrogen-bond donors (Lipinski definition) is 1. The van der Waals surface area contributed by atoms with Crippen molar-refractivity contribution in [3.8, 4) is 11.5 Å². The first-order chi connectivity index (χ1) is 17.2. The summed E-state index contributed by atoms with van der Waals surface area (Å²) in [5.41, 5.74) is 0.0703. The minimum Gasteiger partial charge on any atom is -0.479 e. The number of halogens is 3. The lowest BCUT2D eigenvalue weighted by Crippen LogP contribution is -2.31. The van der Waals surface area contributed by atoms with Gasteiger partial charge in [-0.1, -0.05) is 19.4 Å². The zero-order chi connectivity index (χ0) is 26.1. The van der Waals surface area contributed by atoms with Crippen LogP contribution < -0.4 is 0 Å². The van der Waals surface area contributed by atoms with Crippen LogP contribution in [0, 0.1) is 18.8 Å². The van der Waals surface area contributed by atoms with Gasteiger partial charge >= 0.3 is 12.1 Å². The molecule has 0 amide bonds. The molecule has 200 valence electrons. The van der Waals surface area contributed by atoms with E-state index in [1.807, 2.05) is 6.92 Å². The Morgan fingerprint density at radius 3 is 2.61 bits per heavy atom. The molecule has 0 aliphatic heterocycles. The number of rotatable bonds is 13. The minimum atomic E-state index is -4.44. The maximum Gasteiger partial charge on any atom is 0.416 e. The number of aromatic nitrogens is 1. The zero-order valence-corrected chi connectivity index (χ0v) is 20.7. The van der Waals surface area contributed by atoms with Crippen molar-refractivity contribution in [1.29, 1.82) is 0 Å². The molecule has 0 bridgehead atoms. The van der Waals surface area contributed by atoms with Crippen molar-refractivity contribution in [2.24, 2.45) is 11.8 Å². The zero-order valence-electron chi connectivity index (χ0n) is 20.7. The summed E-state index contributed by atoms with van der Waals surface area (Å²) in [6, 6.07) is 4.90. The van der Waals surface area contributed by atoms with Gasteiger partial charge in [0, 0.05) is 25.4 Å². The molecular formula is C26H34F3NO6. The van der Waals surface area contributed by atoms with Gasteiger partial charge in [-0.3, -0.25) is 0 Å². The number of benzene rings is 1. The van der Waals surface area contributed by atoms with E-state index < -0.39 is 23.8 Å². The van der Waals surface area contributed by atoms with Crippen molar-refractivity contribution < 1.29 is 41.7 Å². The monoisotopic (exact) mass is 513 g/mol. The van der Waals surface area contributed by atoms with Gasteiger partial charge < -0.3 is 23.7 Å². The van der Waals surface area contributed by atoms with Crippen LogP contribution in [0.25, 0.3) is 11.5 Å². The highest BCUT2D eigenvalue weighted by atomic mass is 19.4. The van der Waals surface area contributed by atoms with E-state index in [0.29, 0.717) is 43.1 Å². The first-order valence-electron chi connectivity index (χ1n) is 12.3. The lowest BCUT2D eigenvalue weighted by atomic mass is 9.82. The van der Waals surface area contributed by atoms with E-state index in [9.17, 15) is 23.1 Å². The highest BCUT2D eigenvalue weighted by molar-refractivity contribution is 5.72. The number of nitrogens with zero attached hydrogens (tertiary/aromatic N) is 1. The number of hydrogen-bond acceptors (Lipinski definition) is 6. The molecule has 1 aromatic carbocycles. The molecule has 1 aliphatic carbocycles. The Hall–Kier alpha value is -2.43. The van der Waals surface area contributed by atoms with Crippen LogP contribution in [-0.2, 0) is 31.8 Å². The van der Waals surface area contributed by atoms with Crippen molar-refractivity contribution in [1.82, 2.24) is 4.98 Å². The van der Waals surface area contributed by atoms with E-state index in [1.165, 1.54) is 12.1 Å². The predicted molar refractivity (Wildman–Crippen MR) is 125 cm³/mol. The number of ether oxygens (including phenoxy) is 3. The van der Waals surface area contributed by atoms with Crippen LogP contribution in [0.1, 0.15) is 56.0 Å². The number of carbonyl (C=O) groups is 1. The summed E-state index contributed by atoms with van der Waals surface area (Å²) in [4.78, 5) is 15.6. The molecule has 1 saturated carbocycles. The molecule has 2 aromatic rings. The van der Waals surface area contributed by atoms with Crippen LogP contribution in [0.15, 0.2) is 28.7 Å². The van der Waals surface area contributed by atoms with Gasteiger partial charge in [0.2, 0.25) is 5.89 Å². The van der Waals surface area contributed by atoms with Crippen molar-refractivity contribution in [3.05, 3.63) is 41.3 Å². The Morgan fingerprint density at radius 2 is 1.94 bits per heavy atom. The topological polar surface area (TPSA) is 91.0 Å². The third kappa shape index (κ3) is 8.31. The maximum atomic E-state index is 13.0. The predicted octanol–water partition coefficient (Wildman–Crippen LogP) is 5.89. The number of aliphatic carboxylic acids is 1. The average Bonchev–Trinajstić information content (AvgIpc) is 3.21. The lowest BCUT2D eigenvalue weighted by Gasteiger charge is -2.29. The Bertz CT molecular complexity index is 977. The highest BCUT2D eigenvalue weighted by Gasteiger charge is 2.31. The van der Waals surface area contributed by atoms with Gasteiger partial charge in [-0.15, -0.1) is 0 Å². The molecule has 0 saturated heterocycles. The van der Waals surface area contributed by atoms with Crippen molar-refractivity contribution in [3.63, 3.8) is 0 Å². The quantitative estimate of drug-likeness (QED) is 0.357. The first-order valence-corrected chi connectivity index (χ1v) is 12.3. The maximum absolute atomic E-state index is 13.0. The SMILES string of the molecule is CCCOC(COCC1CCCC(COCc2nc(-c3cccc(C(F)(F)F)c3)oc2C)C1)C(=O)O. The van der Waals surface area contributed by atoms with E-state index in [2.05, 4.69) is 4.98 Å². The first kappa shape index (κ1) is 28.1.